The maximum absolute atomic E-state index is 11.7. The molecule has 0 unspecified atom stereocenters. The molecule has 3 N–H and O–H groups in total. The number of nitrogens with one attached hydrogen (secondary N) is 1. The minimum Gasteiger partial charge on any atom is -0.397 e. The molecule has 0 aliphatic rings. The van der Waals surface area contributed by atoms with Crippen molar-refractivity contribution in [3.05, 3.63) is 34.2 Å². The molecular weight excluding hydrogens is 320 g/mol. The first kappa shape index (κ1) is 14.7. The Labute approximate surface area is 136 Å². The molecular formula is C15H13ClN4OS. The number of benzene rings is 1. The van der Waals surface area contributed by atoms with Crippen LogP contribution in [0.25, 0.3) is 21.5 Å². The van der Waals surface area contributed by atoms with Gasteiger partial charge in [0.2, 0.25) is 5.95 Å². The summed E-state index contributed by atoms with van der Waals surface area (Å²) in [6.45, 7) is 1.50. The molecule has 1 aromatic carbocycles. The van der Waals surface area contributed by atoms with Crippen LogP contribution in [0.2, 0.25) is 5.02 Å². The number of aromatic nitrogens is 2. The summed E-state index contributed by atoms with van der Waals surface area (Å²) in [6, 6.07) is 7.32. The fourth-order valence-electron chi connectivity index (χ4n) is 2.21. The number of rotatable bonds is 3. The van der Waals surface area contributed by atoms with Crippen LogP contribution >= 0.6 is 22.9 Å². The highest BCUT2D eigenvalue weighted by molar-refractivity contribution is 7.21. The Morgan fingerprint density at radius 2 is 1.95 bits per heavy atom. The molecule has 3 rings (SSSR count). The van der Waals surface area contributed by atoms with E-state index < -0.39 is 0 Å². The molecule has 2 heterocycles. The molecule has 5 nitrogen and oxygen atoms in total. The molecule has 2 aromatic heterocycles. The van der Waals surface area contributed by atoms with Gasteiger partial charge in [0.25, 0.3) is 0 Å². The highest BCUT2D eigenvalue weighted by Gasteiger charge is 2.20. The first-order chi connectivity index (χ1) is 10.5. The number of Topliss-reactive ketones (excluding diaryl/α,β-unsaturated/α-hetero) is 1. The first-order valence-corrected chi connectivity index (χ1v) is 7.75. The lowest BCUT2D eigenvalue weighted by Gasteiger charge is -2.07. The van der Waals surface area contributed by atoms with Crippen LogP contribution in [0, 0.1) is 0 Å². The van der Waals surface area contributed by atoms with E-state index in [4.69, 9.17) is 17.3 Å². The summed E-state index contributed by atoms with van der Waals surface area (Å²) in [5.41, 5.74) is 8.15. The van der Waals surface area contributed by atoms with Crippen LogP contribution in [0.5, 0.6) is 0 Å². The van der Waals surface area contributed by atoms with Crippen molar-refractivity contribution >= 4 is 50.6 Å². The maximum atomic E-state index is 11.7. The zero-order valence-electron chi connectivity index (χ0n) is 12.0. The topological polar surface area (TPSA) is 80.9 Å². The van der Waals surface area contributed by atoms with Gasteiger partial charge in [-0.05, 0) is 12.1 Å². The summed E-state index contributed by atoms with van der Waals surface area (Å²) in [4.78, 5) is 21.8. The van der Waals surface area contributed by atoms with Crippen LogP contribution in [-0.4, -0.2) is 22.8 Å². The Morgan fingerprint density at radius 1 is 1.27 bits per heavy atom. The van der Waals surface area contributed by atoms with E-state index >= 15 is 0 Å². The predicted octanol–water partition coefficient (Wildman–Crippen LogP) is 3.84. The molecule has 0 radical (unpaired) electrons. The fourth-order valence-corrected chi connectivity index (χ4v) is 3.33. The number of fused-ring (bicyclic) bond motifs is 1. The average molecular weight is 333 g/mol. The molecule has 0 spiro atoms. The molecule has 0 fully saturated rings. The number of ketones is 1. The normalized spacial score (nSPS) is 10.9. The number of anilines is 2. The van der Waals surface area contributed by atoms with Gasteiger partial charge in [-0.3, -0.25) is 4.79 Å². The van der Waals surface area contributed by atoms with E-state index in [0.717, 1.165) is 5.56 Å². The highest BCUT2D eigenvalue weighted by Crippen LogP contribution is 2.39. The minimum atomic E-state index is -0.0754. The van der Waals surface area contributed by atoms with Gasteiger partial charge < -0.3 is 11.1 Å². The predicted molar refractivity (Wildman–Crippen MR) is 91.8 cm³/mol. The van der Waals surface area contributed by atoms with E-state index in [1.165, 1.54) is 18.3 Å². The lowest BCUT2D eigenvalue weighted by molar-refractivity contribution is 0.102. The van der Waals surface area contributed by atoms with Crippen molar-refractivity contribution in [2.24, 2.45) is 0 Å². The fraction of sp³-hybridized carbons (Fsp3) is 0.133. The lowest BCUT2D eigenvalue weighted by atomic mass is 10.1. The van der Waals surface area contributed by atoms with Crippen LogP contribution < -0.4 is 11.1 Å². The summed E-state index contributed by atoms with van der Waals surface area (Å²) in [7, 11) is 1.75. The third-order valence-electron chi connectivity index (χ3n) is 3.25. The van der Waals surface area contributed by atoms with Gasteiger partial charge in [-0.15, -0.1) is 11.3 Å². The Hall–Kier alpha value is -2.18. The van der Waals surface area contributed by atoms with Gasteiger partial charge in [-0.2, -0.15) is 0 Å². The number of carbonyl (C=O) groups excluding carboxylic acids is 1. The van der Waals surface area contributed by atoms with E-state index in [1.54, 1.807) is 19.2 Å². The van der Waals surface area contributed by atoms with Crippen molar-refractivity contribution in [2.75, 3.05) is 18.1 Å². The van der Waals surface area contributed by atoms with Crippen LogP contribution in [0.4, 0.5) is 11.6 Å². The first-order valence-electron chi connectivity index (χ1n) is 6.56. The Balaban J connectivity index is 2.36. The molecule has 0 saturated heterocycles. The van der Waals surface area contributed by atoms with Gasteiger partial charge in [-0.1, -0.05) is 23.7 Å². The Bertz CT molecular complexity index is 873. The molecule has 0 aliphatic heterocycles. The summed E-state index contributed by atoms with van der Waals surface area (Å²) >= 11 is 7.22. The summed E-state index contributed by atoms with van der Waals surface area (Å²) < 4.78 is 0. The Kier molecular flexibility index (Phi) is 3.72. The third kappa shape index (κ3) is 2.40. The number of halogens is 1. The molecule has 0 amide bonds. The summed E-state index contributed by atoms with van der Waals surface area (Å²) in [5, 5.41) is 4.28. The molecule has 0 bridgehead atoms. The van der Waals surface area contributed by atoms with Crippen molar-refractivity contribution in [3.8, 4) is 11.3 Å². The average Bonchev–Trinajstić information content (AvgIpc) is 2.84. The van der Waals surface area contributed by atoms with E-state index in [2.05, 4.69) is 15.3 Å². The number of hydrogen-bond acceptors (Lipinski definition) is 6. The second-order valence-corrected chi connectivity index (χ2v) is 6.17. The van der Waals surface area contributed by atoms with Crippen LogP contribution in [-0.2, 0) is 0 Å². The van der Waals surface area contributed by atoms with E-state index in [1.807, 2.05) is 12.1 Å². The van der Waals surface area contributed by atoms with Gasteiger partial charge in [0.15, 0.2) is 5.78 Å². The van der Waals surface area contributed by atoms with Crippen molar-refractivity contribution < 1.29 is 4.79 Å². The van der Waals surface area contributed by atoms with Gasteiger partial charge >= 0.3 is 0 Å². The number of nitrogens with zero attached hydrogens (tertiary/aromatic N) is 2. The zero-order valence-corrected chi connectivity index (χ0v) is 13.5. The van der Waals surface area contributed by atoms with Crippen molar-refractivity contribution in [3.63, 3.8) is 0 Å². The molecule has 0 atom stereocenters. The standard InChI is InChI=1S/C15H13ClN4OS/c1-7(21)13-11(17)10-12(8-3-5-9(16)6-4-8)19-15(18-2)20-14(10)22-13/h3-6H,17H2,1-2H3,(H,18,19,20). The number of nitrogens with two attached hydrogens (primary N) is 1. The van der Waals surface area contributed by atoms with Crippen molar-refractivity contribution in [2.45, 2.75) is 6.92 Å². The van der Waals surface area contributed by atoms with Crippen LogP contribution in [0.1, 0.15) is 16.6 Å². The van der Waals surface area contributed by atoms with Crippen LogP contribution in [0.3, 0.4) is 0 Å². The summed E-state index contributed by atoms with van der Waals surface area (Å²) in [5.74, 6) is 0.405. The smallest absolute Gasteiger partial charge is 0.224 e. The van der Waals surface area contributed by atoms with E-state index in [-0.39, 0.29) is 5.78 Å². The van der Waals surface area contributed by atoms with E-state index in [0.29, 0.717) is 37.4 Å². The van der Waals surface area contributed by atoms with Crippen LogP contribution in [0.15, 0.2) is 24.3 Å². The largest absolute Gasteiger partial charge is 0.397 e. The van der Waals surface area contributed by atoms with Crippen molar-refractivity contribution in [1.82, 2.24) is 9.97 Å². The van der Waals surface area contributed by atoms with Crippen molar-refractivity contribution in [1.29, 1.82) is 0 Å². The SMILES string of the molecule is CNc1nc(-c2ccc(Cl)cc2)c2c(N)c(C(C)=O)sc2n1. The molecule has 0 aliphatic carbocycles. The van der Waals surface area contributed by atoms with Gasteiger partial charge in [0.05, 0.1) is 21.6 Å². The minimum absolute atomic E-state index is 0.0754. The molecule has 0 saturated carbocycles. The van der Waals surface area contributed by atoms with Gasteiger partial charge in [-0.25, -0.2) is 9.97 Å². The van der Waals surface area contributed by atoms with Gasteiger partial charge in [0.1, 0.15) is 4.83 Å². The molecule has 7 heteroatoms. The van der Waals surface area contributed by atoms with E-state index in [9.17, 15) is 4.79 Å². The zero-order chi connectivity index (χ0) is 15.9. The molecule has 22 heavy (non-hydrogen) atoms. The highest BCUT2D eigenvalue weighted by atomic mass is 35.5. The summed E-state index contributed by atoms with van der Waals surface area (Å²) in [6.07, 6.45) is 0. The van der Waals surface area contributed by atoms with Gasteiger partial charge in [0, 0.05) is 24.6 Å². The lowest BCUT2D eigenvalue weighted by Crippen LogP contribution is -1.99. The Morgan fingerprint density at radius 3 is 2.55 bits per heavy atom. The molecule has 112 valence electrons. The quantitative estimate of drug-likeness (QED) is 0.712. The number of hydrogen-bond donors (Lipinski definition) is 2. The molecule has 3 aromatic rings. The number of nitrogen functional groups attached to an aromatic ring is 1. The number of thiophene rings is 1. The monoisotopic (exact) mass is 332 g/mol. The number of carbonyl (C=O) groups is 1. The third-order valence-corrected chi connectivity index (χ3v) is 4.70. The second kappa shape index (κ2) is 5.55. The maximum Gasteiger partial charge on any atom is 0.224 e. The second-order valence-electron chi connectivity index (χ2n) is 4.73.